The fourth-order valence-electron chi connectivity index (χ4n) is 2.45. The first-order valence-corrected chi connectivity index (χ1v) is 7.87. The van der Waals surface area contributed by atoms with Gasteiger partial charge in [0.15, 0.2) is 0 Å². The molecule has 1 aromatic rings. The van der Waals surface area contributed by atoms with Crippen LogP contribution in [0.4, 0.5) is 10.5 Å². The molecule has 0 spiro atoms. The molecule has 0 radical (unpaired) electrons. The first-order chi connectivity index (χ1) is 10.5. The lowest BCUT2D eigenvalue weighted by molar-refractivity contribution is -0.121. The number of carbonyl (C=O) groups is 2. The van der Waals surface area contributed by atoms with Crippen LogP contribution < -0.4 is 5.32 Å². The Bertz CT molecular complexity index is 554. The summed E-state index contributed by atoms with van der Waals surface area (Å²) < 4.78 is 4.97. The van der Waals surface area contributed by atoms with Gasteiger partial charge in [-0.1, -0.05) is 17.7 Å². The summed E-state index contributed by atoms with van der Waals surface area (Å²) in [6.45, 7) is 5.16. The number of aryl methyl sites for hydroxylation is 1. The number of ether oxygens (including phenoxy) is 1. The van der Waals surface area contributed by atoms with Crippen molar-refractivity contribution in [1.82, 2.24) is 4.90 Å². The molecule has 1 fully saturated rings. The summed E-state index contributed by atoms with van der Waals surface area (Å²) in [6.07, 6.45) is 0.987. The highest BCUT2D eigenvalue weighted by molar-refractivity contribution is 6.31. The highest BCUT2D eigenvalue weighted by Gasteiger charge is 2.27. The number of halogens is 1. The summed E-state index contributed by atoms with van der Waals surface area (Å²) in [7, 11) is 0. The molecule has 0 saturated carbocycles. The van der Waals surface area contributed by atoms with E-state index in [0.29, 0.717) is 43.2 Å². The summed E-state index contributed by atoms with van der Waals surface area (Å²) in [5.41, 5.74) is 1.68. The lowest BCUT2D eigenvalue weighted by atomic mass is 9.96. The fraction of sp³-hybridized carbons (Fsp3) is 0.500. The Balaban J connectivity index is 1.87. The molecule has 0 aliphatic carbocycles. The Morgan fingerprint density at radius 1 is 1.36 bits per heavy atom. The van der Waals surface area contributed by atoms with E-state index in [1.165, 1.54) is 0 Å². The average Bonchev–Trinajstić information content (AvgIpc) is 2.51. The Kier molecular flexibility index (Phi) is 5.66. The predicted octanol–water partition coefficient (Wildman–Crippen LogP) is 3.46. The molecule has 1 heterocycles. The van der Waals surface area contributed by atoms with Crippen molar-refractivity contribution in [2.75, 3.05) is 25.0 Å². The first kappa shape index (κ1) is 16.6. The Labute approximate surface area is 135 Å². The quantitative estimate of drug-likeness (QED) is 0.926. The molecule has 120 valence electrons. The maximum absolute atomic E-state index is 12.3. The minimum absolute atomic E-state index is 0.0246. The van der Waals surface area contributed by atoms with Gasteiger partial charge >= 0.3 is 6.09 Å². The molecule has 0 atom stereocenters. The van der Waals surface area contributed by atoms with Gasteiger partial charge in [-0.15, -0.1) is 0 Å². The molecule has 22 heavy (non-hydrogen) atoms. The van der Waals surface area contributed by atoms with Crippen LogP contribution in [-0.4, -0.2) is 36.6 Å². The lowest BCUT2D eigenvalue weighted by Crippen LogP contribution is -2.41. The van der Waals surface area contributed by atoms with Crippen molar-refractivity contribution < 1.29 is 14.3 Å². The molecule has 2 amide bonds. The topological polar surface area (TPSA) is 58.6 Å². The van der Waals surface area contributed by atoms with Crippen molar-refractivity contribution in [3.8, 4) is 0 Å². The molecule has 5 nitrogen and oxygen atoms in total. The highest BCUT2D eigenvalue weighted by atomic mass is 35.5. The number of benzene rings is 1. The molecule has 6 heteroatoms. The number of hydrogen-bond donors (Lipinski definition) is 1. The predicted molar refractivity (Wildman–Crippen MR) is 86.1 cm³/mol. The van der Waals surface area contributed by atoms with Gasteiger partial charge in [0.25, 0.3) is 0 Å². The van der Waals surface area contributed by atoms with E-state index >= 15 is 0 Å². The summed E-state index contributed by atoms with van der Waals surface area (Å²) >= 11 is 6.06. The second-order valence-electron chi connectivity index (χ2n) is 5.41. The fourth-order valence-corrected chi connectivity index (χ4v) is 2.63. The summed E-state index contributed by atoms with van der Waals surface area (Å²) in [5, 5.41) is 3.53. The molecular weight excluding hydrogens is 304 g/mol. The van der Waals surface area contributed by atoms with Gasteiger partial charge in [-0.2, -0.15) is 0 Å². The number of piperidine rings is 1. The van der Waals surface area contributed by atoms with Crippen molar-refractivity contribution in [2.24, 2.45) is 5.92 Å². The Morgan fingerprint density at radius 2 is 2.05 bits per heavy atom. The number of amides is 2. The van der Waals surface area contributed by atoms with Crippen molar-refractivity contribution >= 4 is 29.3 Å². The van der Waals surface area contributed by atoms with Crippen LogP contribution in [0.25, 0.3) is 0 Å². The number of rotatable bonds is 3. The van der Waals surface area contributed by atoms with Gasteiger partial charge in [0.2, 0.25) is 5.91 Å². The number of nitrogens with zero attached hydrogens (tertiary/aromatic N) is 1. The first-order valence-electron chi connectivity index (χ1n) is 7.50. The van der Waals surface area contributed by atoms with Crippen LogP contribution in [0, 0.1) is 12.8 Å². The van der Waals surface area contributed by atoms with Gasteiger partial charge < -0.3 is 15.0 Å². The zero-order valence-electron chi connectivity index (χ0n) is 12.9. The van der Waals surface area contributed by atoms with Crippen LogP contribution in [0.1, 0.15) is 25.3 Å². The number of nitrogens with one attached hydrogen (secondary N) is 1. The zero-order chi connectivity index (χ0) is 16.1. The van der Waals surface area contributed by atoms with E-state index in [1.807, 2.05) is 19.1 Å². The molecule has 0 bridgehead atoms. The maximum atomic E-state index is 12.3. The van der Waals surface area contributed by atoms with Crippen LogP contribution in [0.3, 0.4) is 0 Å². The molecule has 1 aliphatic heterocycles. The van der Waals surface area contributed by atoms with Gasteiger partial charge in [0.05, 0.1) is 6.61 Å². The van der Waals surface area contributed by atoms with E-state index in [2.05, 4.69) is 5.32 Å². The van der Waals surface area contributed by atoms with Crippen LogP contribution in [0.15, 0.2) is 18.2 Å². The number of carbonyl (C=O) groups excluding carboxylic acids is 2. The zero-order valence-corrected chi connectivity index (χ0v) is 13.7. The maximum Gasteiger partial charge on any atom is 0.409 e. The van der Waals surface area contributed by atoms with Gasteiger partial charge in [0, 0.05) is 29.7 Å². The van der Waals surface area contributed by atoms with Gasteiger partial charge in [0.1, 0.15) is 0 Å². The summed E-state index contributed by atoms with van der Waals surface area (Å²) in [6, 6.07) is 5.47. The standard InChI is InChI=1S/C16H21ClN2O3/c1-3-22-16(21)19-8-6-12(7-9-19)15(20)18-13-5-4-11(2)14(17)10-13/h4-5,10,12H,3,6-9H2,1-2H3,(H,18,20). The molecule has 1 aliphatic rings. The number of hydrogen-bond acceptors (Lipinski definition) is 3. The highest BCUT2D eigenvalue weighted by Crippen LogP contribution is 2.23. The van der Waals surface area contributed by atoms with Gasteiger partial charge in [-0.3, -0.25) is 4.79 Å². The van der Waals surface area contributed by atoms with Crippen molar-refractivity contribution in [3.63, 3.8) is 0 Å². The molecular formula is C16H21ClN2O3. The summed E-state index contributed by atoms with van der Waals surface area (Å²) in [4.78, 5) is 25.5. The van der Waals surface area contributed by atoms with Crippen molar-refractivity contribution in [2.45, 2.75) is 26.7 Å². The second kappa shape index (κ2) is 7.49. The minimum Gasteiger partial charge on any atom is -0.450 e. The van der Waals surface area contributed by atoms with Gasteiger partial charge in [-0.25, -0.2) is 4.79 Å². The van der Waals surface area contributed by atoms with Gasteiger partial charge in [-0.05, 0) is 44.4 Å². The van der Waals surface area contributed by atoms with E-state index in [1.54, 1.807) is 17.9 Å². The van der Waals surface area contributed by atoms with Crippen molar-refractivity contribution in [3.05, 3.63) is 28.8 Å². The molecule has 0 unspecified atom stereocenters. The SMILES string of the molecule is CCOC(=O)N1CCC(C(=O)Nc2ccc(C)c(Cl)c2)CC1. The summed E-state index contributed by atoms with van der Waals surface area (Å²) in [5.74, 6) is -0.116. The largest absolute Gasteiger partial charge is 0.450 e. The second-order valence-corrected chi connectivity index (χ2v) is 5.82. The van der Waals surface area contributed by atoms with E-state index in [4.69, 9.17) is 16.3 Å². The third-order valence-corrected chi connectivity index (χ3v) is 4.24. The normalized spacial score (nSPS) is 15.5. The van der Waals surface area contributed by atoms with E-state index in [9.17, 15) is 9.59 Å². The third kappa shape index (κ3) is 4.13. The molecule has 2 rings (SSSR count). The Hall–Kier alpha value is -1.75. The molecule has 1 aromatic carbocycles. The van der Waals surface area contributed by atoms with E-state index in [-0.39, 0.29) is 17.9 Å². The minimum atomic E-state index is -0.299. The number of likely N-dealkylation sites (tertiary alicyclic amines) is 1. The number of anilines is 1. The van der Waals surface area contributed by atoms with Crippen LogP contribution >= 0.6 is 11.6 Å². The molecule has 1 saturated heterocycles. The lowest BCUT2D eigenvalue weighted by Gasteiger charge is -2.30. The Morgan fingerprint density at radius 3 is 2.64 bits per heavy atom. The smallest absolute Gasteiger partial charge is 0.409 e. The van der Waals surface area contributed by atoms with Crippen LogP contribution in [-0.2, 0) is 9.53 Å². The third-order valence-electron chi connectivity index (χ3n) is 3.83. The monoisotopic (exact) mass is 324 g/mol. The molecule has 0 aromatic heterocycles. The van der Waals surface area contributed by atoms with E-state index in [0.717, 1.165) is 5.56 Å². The van der Waals surface area contributed by atoms with E-state index < -0.39 is 0 Å². The van der Waals surface area contributed by atoms with Crippen LogP contribution in [0.5, 0.6) is 0 Å². The average molecular weight is 325 g/mol. The van der Waals surface area contributed by atoms with Crippen molar-refractivity contribution in [1.29, 1.82) is 0 Å². The van der Waals surface area contributed by atoms with Crippen LogP contribution in [0.2, 0.25) is 5.02 Å². The molecule has 1 N–H and O–H groups in total.